The predicted octanol–water partition coefficient (Wildman–Crippen LogP) is 2.12. The lowest BCUT2D eigenvalue weighted by Crippen LogP contribution is -2.20. The lowest BCUT2D eigenvalue weighted by Gasteiger charge is -2.10. The molecule has 0 aliphatic rings. The fourth-order valence-corrected chi connectivity index (χ4v) is 1.46. The van der Waals surface area contributed by atoms with Crippen molar-refractivity contribution in [3.8, 4) is 5.75 Å². The zero-order valence-electron chi connectivity index (χ0n) is 9.33. The van der Waals surface area contributed by atoms with Crippen LogP contribution in [0.2, 0.25) is 5.02 Å². The summed E-state index contributed by atoms with van der Waals surface area (Å²) in [6.07, 6.45) is 0. The average molecular weight is 240 g/mol. The van der Waals surface area contributed by atoms with Gasteiger partial charge in [0.05, 0.1) is 7.11 Å². The number of aliphatic imine (C=N–C) groups is 2. The van der Waals surface area contributed by atoms with Gasteiger partial charge in [-0.3, -0.25) is 4.99 Å². The van der Waals surface area contributed by atoms with Crippen LogP contribution in [0.1, 0.15) is 5.56 Å². The van der Waals surface area contributed by atoms with Crippen LogP contribution in [0.4, 0.5) is 0 Å². The monoisotopic (exact) mass is 239 g/mol. The molecule has 0 radical (unpaired) electrons. The Bertz CT molecular complexity index is 404. The van der Waals surface area contributed by atoms with E-state index in [0.717, 1.165) is 11.3 Å². The smallest absolute Gasteiger partial charge is 0.217 e. The Morgan fingerprint density at radius 3 is 2.88 bits per heavy atom. The van der Waals surface area contributed by atoms with Crippen LogP contribution in [-0.2, 0) is 6.54 Å². The first-order valence-electron chi connectivity index (χ1n) is 4.71. The molecule has 16 heavy (non-hydrogen) atoms. The van der Waals surface area contributed by atoms with Crippen LogP contribution in [0.25, 0.3) is 0 Å². The maximum absolute atomic E-state index is 5.91. The Balaban J connectivity index is 2.79. The maximum atomic E-state index is 5.91. The van der Waals surface area contributed by atoms with Crippen molar-refractivity contribution in [2.45, 2.75) is 6.54 Å². The van der Waals surface area contributed by atoms with Crippen molar-refractivity contribution >= 4 is 24.3 Å². The van der Waals surface area contributed by atoms with E-state index in [1.165, 1.54) is 0 Å². The predicted molar refractivity (Wildman–Crippen MR) is 67.8 cm³/mol. The Hall–Kier alpha value is -1.55. The van der Waals surface area contributed by atoms with Gasteiger partial charge in [-0.25, -0.2) is 4.99 Å². The van der Waals surface area contributed by atoms with E-state index in [1.54, 1.807) is 20.2 Å². The SMILES string of the molecule is C=NC(=NC)NCc1cc(Cl)ccc1OC. The number of nitrogens with zero attached hydrogens (tertiary/aromatic N) is 2. The first-order valence-corrected chi connectivity index (χ1v) is 5.09. The summed E-state index contributed by atoms with van der Waals surface area (Å²) in [7, 11) is 3.26. The molecule has 1 aromatic carbocycles. The highest BCUT2D eigenvalue weighted by Gasteiger charge is 2.04. The number of hydrogen-bond donors (Lipinski definition) is 1. The zero-order valence-corrected chi connectivity index (χ0v) is 10.1. The summed E-state index contributed by atoms with van der Waals surface area (Å²) in [4.78, 5) is 7.62. The molecule has 0 saturated heterocycles. The number of nitrogens with one attached hydrogen (secondary N) is 1. The third kappa shape index (κ3) is 3.24. The summed E-state index contributed by atoms with van der Waals surface area (Å²) >= 11 is 5.91. The minimum Gasteiger partial charge on any atom is -0.496 e. The third-order valence-corrected chi connectivity index (χ3v) is 2.28. The van der Waals surface area contributed by atoms with E-state index in [9.17, 15) is 0 Å². The molecule has 0 heterocycles. The fraction of sp³-hybridized carbons (Fsp3) is 0.273. The number of rotatable bonds is 3. The van der Waals surface area contributed by atoms with E-state index < -0.39 is 0 Å². The molecule has 1 N–H and O–H groups in total. The van der Waals surface area contributed by atoms with Gasteiger partial charge < -0.3 is 10.1 Å². The van der Waals surface area contributed by atoms with Crippen molar-refractivity contribution in [3.05, 3.63) is 28.8 Å². The molecule has 0 saturated carbocycles. The van der Waals surface area contributed by atoms with Crippen LogP contribution in [0.3, 0.4) is 0 Å². The maximum Gasteiger partial charge on any atom is 0.217 e. The summed E-state index contributed by atoms with van der Waals surface area (Å²) in [5.41, 5.74) is 0.944. The molecule has 1 rings (SSSR count). The molecular weight excluding hydrogens is 226 g/mol. The van der Waals surface area contributed by atoms with Crippen LogP contribution in [0, 0.1) is 0 Å². The first kappa shape index (κ1) is 12.5. The fourth-order valence-electron chi connectivity index (χ4n) is 1.27. The largest absolute Gasteiger partial charge is 0.496 e. The van der Waals surface area contributed by atoms with Crippen molar-refractivity contribution in [3.63, 3.8) is 0 Å². The van der Waals surface area contributed by atoms with Crippen LogP contribution in [0.15, 0.2) is 28.2 Å². The van der Waals surface area contributed by atoms with E-state index in [2.05, 4.69) is 22.0 Å². The molecule has 86 valence electrons. The average Bonchev–Trinajstić information content (AvgIpc) is 2.30. The van der Waals surface area contributed by atoms with Gasteiger partial charge in [0, 0.05) is 24.2 Å². The van der Waals surface area contributed by atoms with Gasteiger partial charge in [0.25, 0.3) is 0 Å². The lowest BCUT2D eigenvalue weighted by atomic mass is 10.2. The molecule has 1 aromatic rings. The van der Waals surface area contributed by atoms with Crippen LogP contribution in [-0.4, -0.2) is 26.8 Å². The Morgan fingerprint density at radius 2 is 2.31 bits per heavy atom. The number of guanidine groups is 1. The molecule has 0 fully saturated rings. The minimum atomic E-state index is 0.488. The molecule has 0 aliphatic carbocycles. The number of benzene rings is 1. The van der Waals surface area contributed by atoms with Gasteiger partial charge in [-0.1, -0.05) is 11.6 Å². The molecule has 4 nitrogen and oxygen atoms in total. The van der Waals surface area contributed by atoms with Crippen molar-refractivity contribution in [2.75, 3.05) is 14.2 Å². The van der Waals surface area contributed by atoms with Gasteiger partial charge in [0.2, 0.25) is 5.96 Å². The minimum absolute atomic E-state index is 0.488. The van der Waals surface area contributed by atoms with Gasteiger partial charge in [0.1, 0.15) is 5.75 Å². The van der Waals surface area contributed by atoms with Crippen LogP contribution in [0.5, 0.6) is 5.75 Å². The Morgan fingerprint density at radius 1 is 1.56 bits per heavy atom. The van der Waals surface area contributed by atoms with Gasteiger partial charge in [0.15, 0.2) is 0 Å². The van der Waals surface area contributed by atoms with Crippen molar-refractivity contribution in [2.24, 2.45) is 9.98 Å². The Kier molecular flexibility index (Phi) is 4.79. The first-order chi connectivity index (χ1) is 7.71. The van der Waals surface area contributed by atoms with E-state index in [-0.39, 0.29) is 0 Å². The summed E-state index contributed by atoms with van der Waals surface area (Å²) in [6, 6.07) is 5.44. The van der Waals surface area contributed by atoms with Gasteiger partial charge in [-0.05, 0) is 24.9 Å². The van der Waals surface area contributed by atoms with E-state index in [4.69, 9.17) is 16.3 Å². The summed E-state index contributed by atoms with van der Waals surface area (Å²) in [5.74, 6) is 1.26. The highest BCUT2D eigenvalue weighted by Crippen LogP contribution is 2.22. The molecule has 0 aliphatic heterocycles. The highest BCUT2D eigenvalue weighted by atomic mass is 35.5. The molecule has 0 aromatic heterocycles. The molecule has 0 unspecified atom stereocenters. The van der Waals surface area contributed by atoms with E-state index >= 15 is 0 Å². The molecule has 0 amide bonds. The summed E-state index contributed by atoms with van der Waals surface area (Å²) in [6.45, 7) is 3.94. The topological polar surface area (TPSA) is 46.0 Å². The lowest BCUT2D eigenvalue weighted by molar-refractivity contribution is 0.409. The standard InChI is InChI=1S/C11H14ClN3O/c1-13-11(14-2)15-7-8-6-9(12)4-5-10(8)16-3/h4-6H,1,7H2,2-3H3,(H,14,15). The molecule has 5 heteroatoms. The third-order valence-electron chi connectivity index (χ3n) is 2.04. The quantitative estimate of drug-likeness (QED) is 0.649. The normalized spacial score (nSPS) is 11.1. The van der Waals surface area contributed by atoms with Crippen molar-refractivity contribution in [1.82, 2.24) is 5.32 Å². The molecular formula is C11H14ClN3O. The summed E-state index contributed by atoms with van der Waals surface area (Å²) < 4.78 is 5.22. The molecule has 0 bridgehead atoms. The van der Waals surface area contributed by atoms with Crippen LogP contribution >= 0.6 is 11.6 Å². The Labute approximate surface area is 100 Å². The number of hydrogen-bond acceptors (Lipinski definition) is 2. The second kappa shape index (κ2) is 6.12. The van der Waals surface area contributed by atoms with Crippen molar-refractivity contribution < 1.29 is 4.74 Å². The molecule has 0 spiro atoms. The van der Waals surface area contributed by atoms with Gasteiger partial charge in [-0.15, -0.1) is 0 Å². The number of halogens is 1. The van der Waals surface area contributed by atoms with Crippen LogP contribution < -0.4 is 10.1 Å². The van der Waals surface area contributed by atoms with E-state index in [0.29, 0.717) is 17.5 Å². The number of methoxy groups -OCH3 is 1. The summed E-state index contributed by atoms with van der Waals surface area (Å²) in [5, 5.41) is 3.69. The second-order valence-electron chi connectivity index (χ2n) is 3.02. The highest BCUT2D eigenvalue weighted by molar-refractivity contribution is 6.30. The zero-order chi connectivity index (χ0) is 12.0. The number of ether oxygens (including phenoxy) is 1. The van der Waals surface area contributed by atoms with Gasteiger partial charge in [-0.2, -0.15) is 0 Å². The van der Waals surface area contributed by atoms with E-state index in [1.807, 2.05) is 12.1 Å². The molecule has 0 atom stereocenters. The van der Waals surface area contributed by atoms with Gasteiger partial charge >= 0.3 is 0 Å². The van der Waals surface area contributed by atoms with Crippen molar-refractivity contribution in [1.29, 1.82) is 0 Å². The second-order valence-corrected chi connectivity index (χ2v) is 3.45.